The summed E-state index contributed by atoms with van der Waals surface area (Å²) in [6.45, 7) is 7.78. The molecule has 254 valence electrons. The molecule has 2 fully saturated rings. The summed E-state index contributed by atoms with van der Waals surface area (Å²) in [5.74, 6) is 5.57. The van der Waals surface area contributed by atoms with Crippen LogP contribution in [0.1, 0.15) is 13.3 Å². The summed E-state index contributed by atoms with van der Waals surface area (Å²) in [7, 11) is 4.91. The van der Waals surface area contributed by atoms with Crippen molar-refractivity contribution in [1.29, 1.82) is 0 Å². The fourth-order valence-electron chi connectivity index (χ4n) is 5.97. The Morgan fingerprint density at radius 1 is 1.15 bits per heavy atom. The molecule has 2 aliphatic heterocycles. The first-order valence-corrected chi connectivity index (χ1v) is 16.1. The van der Waals surface area contributed by atoms with Gasteiger partial charge in [0.25, 0.3) is 11.5 Å². The van der Waals surface area contributed by atoms with Gasteiger partial charge in [-0.3, -0.25) is 19.0 Å². The highest BCUT2D eigenvalue weighted by Crippen LogP contribution is 2.45. The summed E-state index contributed by atoms with van der Waals surface area (Å²) >= 11 is 13.5. The van der Waals surface area contributed by atoms with E-state index in [4.69, 9.17) is 42.4 Å². The Kier molecular flexibility index (Phi) is 11.1. The number of halogens is 2. The third kappa shape index (κ3) is 7.22. The second-order valence-corrected chi connectivity index (χ2v) is 12.2. The lowest BCUT2D eigenvalue weighted by Crippen LogP contribution is -2.54. The first-order chi connectivity index (χ1) is 23.1. The van der Waals surface area contributed by atoms with E-state index < -0.39 is 5.56 Å². The number of rotatable bonds is 10. The topological polar surface area (TPSA) is 140 Å². The Hall–Kier alpha value is -4.35. The number of nitrogens with zero attached hydrogens (tertiary/aromatic N) is 5. The number of likely N-dealkylation sites (N-methyl/N-ethyl adjacent to an activating group) is 1. The number of anilines is 1. The van der Waals surface area contributed by atoms with Crippen LogP contribution in [0, 0.1) is 11.8 Å². The number of amides is 2. The van der Waals surface area contributed by atoms with Gasteiger partial charge in [-0.2, -0.15) is 4.98 Å². The SMILES string of the molecule is C=CC(=O)NC1COCC1Nc1ncc2cc(-c3c(Cl)c(OC)cc(OC)c3Cl)c(=O)n(CCC3CN(C)CCN3C(=O)C#CC)c2n1. The number of hydrogen-bond donors (Lipinski definition) is 2. The number of pyridine rings is 1. The maximum Gasteiger partial charge on any atom is 0.298 e. The number of ether oxygens (including phenoxy) is 3. The van der Waals surface area contributed by atoms with Gasteiger partial charge in [0.1, 0.15) is 17.1 Å². The number of fused-ring (bicyclic) bond motifs is 1. The molecule has 5 rings (SSSR count). The van der Waals surface area contributed by atoms with Gasteiger partial charge in [-0.1, -0.05) is 35.7 Å². The number of carbonyl (C=O) groups is 2. The lowest BCUT2D eigenvalue weighted by atomic mass is 10.0. The van der Waals surface area contributed by atoms with Crippen molar-refractivity contribution < 1.29 is 23.8 Å². The fraction of sp³-hybridized carbons (Fsp3) is 0.424. The van der Waals surface area contributed by atoms with Crippen LogP contribution < -0.4 is 25.7 Å². The molecule has 2 amide bonds. The van der Waals surface area contributed by atoms with E-state index in [9.17, 15) is 14.4 Å². The van der Waals surface area contributed by atoms with Gasteiger partial charge in [-0.15, -0.1) is 0 Å². The second-order valence-electron chi connectivity index (χ2n) is 11.5. The van der Waals surface area contributed by atoms with Gasteiger partial charge in [0, 0.05) is 55.4 Å². The van der Waals surface area contributed by atoms with Gasteiger partial charge < -0.3 is 34.6 Å². The molecule has 0 radical (unpaired) electrons. The summed E-state index contributed by atoms with van der Waals surface area (Å²) in [4.78, 5) is 52.6. The molecule has 0 aliphatic carbocycles. The Bertz CT molecular complexity index is 1830. The van der Waals surface area contributed by atoms with Crippen molar-refractivity contribution in [2.75, 3.05) is 59.4 Å². The van der Waals surface area contributed by atoms with E-state index in [1.807, 2.05) is 7.05 Å². The maximum absolute atomic E-state index is 14.5. The van der Waals surface area contributed by atoms with Crippen molar-refractivity contribution in [3.63, 3.8) is 0 Å². The molecule has 3 unspecified atom stereocenters. The molecule has 13 nitrogen and oxygen atoms in total. The number of nitrogens with one attached hydrogen (secondary N) is 2. The van der Waals surface area contributed by atoms with Crippen molar-refractivity contribution in [1.82, 2.24) is 29.7 Å². The normalized spacial score (nSPS) is 19.4. The molecular formula is C33H37Cl2N7O6. The zero-order chi connectivity index (χ0) is 34.5. The van der Waals surface area contributed by atoms with E-state index in [-0.39, 0.29) is 75.1 Å². The Labute approximate surface area is 288 Å². The molecular weight excluding hydrogens is 661 g/mol. The van der Waals surface area contributed by atoms with Crippen LogP contribution in [0.15, 0.2) is 35.8 Å². The van der Waals surface area contributed by atoms with E-state index in [0.29, 0.717) is 50.3 Å². The lowest BCUT2D eigenvalue weighted by molar-refractivity contribution is -0.129. The molecule has 4 heterocycles. The number of piperazine rings is 1. The van der Waals surface area contributed by atoms with Crippen LogP contribution in [0.5, 0.6) is 11.5 Å². The van der Waals surface area contributed by atoms with Crippen LogP contribution >= 0.6 is 23.2 Å². The van der Waals surface area contributed by atoms with Gasteiger partial charge in [0.15, 0.2) is 0 Å². The molecule has 48 heavy (non-hydrogen) atoms. The Morgan fingerprint density at radius 2 is 1.85 bits per heavy atom. The van der Waals surface area contributed by atoms with Crippen molar-refractivity contribution >= 4 is 52.0 Å². The van der Waals surface area contributed by atoms with Crippen LogP contribution in [0.4, 0.5) is 5.95 Å². The highest BCUT2D eigenvalue weighted by molar-refractivity contribution is 6.41. The van der Waals surface area contributed by atoms with Crippen LogP contribution in [-0.4, -0.2) is 108 Å². The van der Waals surface area contributed by atoms with Crippen LogP contribution in [0.2, 0.25) is 10.0 Å². The highest BCUT2D eigenvalue weighted by Gasteiger charge is 2.31. The van der Waals surface area contributed by atoms with Crippen molar-refractivity contribution in [3.05, 3.63) is 51.4 Å². The lowest BCUT2D eigenvalue weighted by Gasteiger charge is -2.39. The minimum Gasteiger partial charge on any atom is -0.495 e. The van der Waals surface area contributed by atoms with Gasteiger partial charge in [0.2, 0.25) is 11.9 Å². The molecule has 0 spiro atoms. The predicted octanol–water partition coefficient (Wildman–Crippen LogP) is 2.82. The smallest absolute Gasteiger partial charge is 0.298 e. The Balaban J connectivity index is 1.61. The second kappa shape index (κ2) is 15.3. The largest absolute Gasteiger partial charge is 0.495 e. The fourth-order valence-corrected chi connectivity index (χ4v) is 6.67. The van der Waals surface area contributed by atoms with E-state index in [0.717, 1.165) is 0 Å². The monoisotopic (exact) mass is 697 g/mol. The number of benzene rings is 1. The van der Waals surface area contributed by atoms with Gasteiger partial charge >= 0.3 is 0 Å². The molecule has 0 bridgehead atoms. The summed E-state index contributed by atoms with van der Waals surface area (Å²) in [6.07, 6.45) is 3.22. The highest BCUT2D eigenvalue weighted by atomic mass is 35.5. The third-order valence-electron chi connectivity index (χ3n) is 8.44. The van der Waals surface area contributed by atoms with Crippen molar-refractivity contribution in [2.45, 2.75) is 38.0 Å². The number of methoxy groups -OCH3 is 2. The standard InChI is InChI=1S/C33H37Cl2N7O6/c1-6-8-27(44)41-12-11-40(3)16-20(41)9-10-42-31-19(15-36-33(39-31)38-23-18-48-17-22(23)37-26(43)7-2)13-21(32(42)45)28-29(34)24(46-4)14-25(47-5)30(28)35/h7,13-15,20,22-23H,2,9-12,16-18H2,1,3-5H3,(H,37,43)(H,36,38,39). The number of carbonyl (C=O) groups excluding carboxylic acids is 2. The van der Waals surface area contributed by atoms with Gasteiger partial charge in [-0.25, -0.2) is 4.98 Å². The summed E-state index contributed by atoms with van der Waals surface area (Å²) in [6, 6.07) is 2.30. The quantitative estimate of drug-likeness (QED) is 0.240. The molecule has 15 heteroatoms. The molecule has 3 aromatic rings. The summed E-state index contributed by atoms with van der Waals surface area (Å²) in [5.41, 5.74) is 0.376. The first kappa shape index (κ1) is 35.0. The maximum atomic E-state index is 14.5. The van der Waals surface area contributed by atoms with Gasteiger partial charge in [-0.05, 0) is 38.5 Å². The van der Waals surface area contributed by atoms with Crippen molar-refractivity contribution in [3.8, 4) is 34.5 Å². The average molecular weight is 699 g/mol. The average Bonchev–Trinajstić information content (AvgIpc) is 3.50. The minimum absolute atomic E-state index is 0.142. The summed E-state index contributed by atoms with van der Waals surface area (Å²) in [5, 5.41) is 6.91. The molecule has 1 aromatic carbocycles. The zero-order valence-corrected chi connectivity index (χ0v) is 28.7. The molecule has 3 atom stereocenters. The zero-order valence-electron chi connectivity index (χ0n) is 27.1. The van der Waals surface area contributed by atoms with E-state index in [1.54, 1.807) is 34.7 Å². The molecule has 2 saturated heterocycles. The third-order valence-corrected chi connectivity index (χ3v) is 9.19. The number of aromatic nitrogens is 3. The van der Waals surface area contributed by atoms with E-state index in [2.05, 4.69) is 38.9 Å². The summed E-state index contributed by atoms with van der Waals surface area (Å²) < 4.78 is 18.1. The van der Waals surface area contributed by atoms with E-state index >= 15 is 0 Å². The van der Waals surface area contributed by atoms with Crippen LogP contribution in [-0.2, 0) is 20.9 Å². The first-order valence-electron chi connectivity index (χ1n) is 15.3. The Morgan fingerprint density at radius 3 is 2.52 bits per heavy atom. The molecule has 2 N–H and O–H groups in total. The van der Waals surface area contributed by atoms with Crippen LogP contribution in [0.3, 0.4) is 0 Å². The van der Waals surface area contributed by atoms with Crippen LogP contribution in [0.25, 0.3) is 22.2 Å². The predicted molar refractivity (Wildman–Crippen MR) is 184 cm³/mol. The molecule has 2 aliphatic rings. The van der Waals surface area contributed by atoms with Gasteiger partial charge in [0.05, 0.1) is 55.1 Å². The number of hydrogen-bond acceptors (Lipinski definition) is 10. The molecule has 2 aromatic heterocycles. The minimum atomic E-state index is -0.415. The molecule has 0 saturated carbocycles. The van der Waals surface area contributed by atoms with Crippen molar-refractivity contribution in [2.24, 2.45) is 0 Å². The van der Waals surface area contributed by atoms with E-state index in [1.165, 1.54) is 20.3 Å². The number of aryl methyl sites for hydroxylation is 1.